The number of pyridine rings is 1. The van der Waals surface area contributed by atoms with Crippen LogP contribution in [0.5, 0.6) is 11.5 Å². The number of benzene rings is 1. The molecule has 2 aromatic heterocycles. The van der Waals surface area contributed by atoms with E-state index in [1.54, 1.807) is 14.2 Å². The van der Waals surface area contributed by atoms with Crippen molar-refractivity contribution in [3.05, 3.63) is 30.5 Å². The van der Waals surface area contributed by atoms with Crippen LogP contribution in [0.25, 0.3) is 22.3 Å². The average molecular weight is 495 g/mol. The molecule has 9 nitrogen and oxygen atoms in total. The summed E-state index contributed by atoms with van der Waals surface area (Å²) in [5.74, 6) is 3.60. The summed E-state index contributed by atoms with van der Waals surface area (Å²) in [4.78, 5) is 19.2. The van der Waals surface area contributed by atoms with Crippen molar-refractivity contribution in [2.45, 2.75) is 39.8 Å². The average Bonchev–Trinajstić information content (AvgIpc) is 2.90. The monoisotopic (exact) mass is 494 g/mol. The molecule has 194 valence electrons. The summed E-state index contributed by atoms with van der Waals surface area (Å²) in [6.07, 6.45) is 1.84. The second-order valence-electron chi connectivity index (χ2n) is 9.48. The molecule has 0 aliphatic carbocycles. The molecule has 0 spiro atoms. The fourth-order valence-electron chi connectivity index (χ4n) is 4.63. The van der Waals surface area contributed by atoms with Crippen LogP contribution in [-0.2, 0) is 4.74 Å². The van der Waals surface area contributed by atoms with Gasteiger partial charge in [0.15, 0.2) is 17.3 Å². The minimum absolute atomic E-state index is 0.463. The van der Waals surface area contributed by atoms with Crippen molar-refractivity contribution < 1.29 is 14.2 Å². The molecule has 0 atom stereocenters. The maximum absolute atomic E-state index is 5.55. The maximum Gasteiger partial charge on any atom is 0.163 e. The third-order valence-corrected chi connectivity index (χ3v) is 6.53. The van der Waals surface area contributed by atoms with Gasteiger partial charge in [-0.15, -0.1) is 0 Å². The van der Waals surface area contributed by atoms with E-state index in [2.05, 4.69) is 42.8 Å². The lowest BCUT2D eigenvalue weighted by Crippen LogP contribution is -2.40. The minimum atomic E-state index is 0.463. The summed E-state index contributed by atoms with van der Waals surface area (Å²) in [6, 6.07) is 8.81. The van der Waals surface area contributed by atoms with Crippen molar-refractivity contribution in [1.29, 1.82) is 0 Å². The first-order valence-electron chi connectivity index (χ1n) is 12.6. The van der Waals surface area contributed by atoms with E-state index in [1.165, 1.54) is 0 Å². The van der Waals surface area contributed by atoms with Gasteiger partial charge in [0.25, 0.3) is 0 Å². The lowest BCUT2D eigenvalue weighted by Gasteiger charge is -2.30. The third kappa shape index (κ3) is 5.79. The number of hydrogen-bond acceptors (Lipinski definition) is 9. The lowest BCUT2D eigenvalue weighted by molar-refractivity contribution is 0.122. The largest absolute Gasteiger partial charge is 0.493 e. The first kappa shape index (κ1) is 25.9. The van der Waals surface area contributed by atoms with E-state index in [0.29, 0.717) is 29.4 Å². The quantitative estimate of drug-likeness (QED) is 0.448. The van der Waals surface area contributed by atoms with Gasteiger partial charge in [0.05, 0.1) is 33.0 Å². The van der Waals surface area contributed by atoms with Crippen LogP contribution >= 0.6 is 0 Å². The Hall–Kier alpha value is -3.17. The Morgan fingerprint density at radius 3 is 2.31 bits per heavy atom. The molecule has 0 unspecified atom stereocenters. The zero-order valence-corrected chi connectivity index (χ0v) is 22.2. The zero-order valence-electron chi connectivity index (χ0n) is 22.2. The Bertz CT molecular complexity index is 1140. The molecule has 1 saturated heterocycles. The van der Waals surface area contributed by atoms with E-state index < -0.39 is 0 Å². The van der Waals surface area contributed by atoms with Crippen LogP contribution in [0.2, 0.25) is 0 Å². The molecule has 0 amide bonds. The fourth-order valence-corrected chi connectivity index (χ4v) is 4.63. The van der Waals surface area contributed by atoms with Gasteiger partial charge in [-0.25, -0.2) is 15.0 Å². The Balaban J connectivity index is 1.67. The Labute approximate surface area is 213 Å². The molecule has 0 saturated carbocycles. The van der Waals surface area contributed by atoms with E-state index in [4.69, 9.17) is 29.2 Å². The van der Waals surface area contributed by atoms with Crippen molar-refractivity contribution in [2.75, 3.05) is 63.8 Å². The van der Waals surface area contributed by atoms with Gasteiger partial charge in [0, 0.05) is 61.5 Å². The summed E-state index contributed by atoms with van der Waals surface area (Å²) >= 11 is 0. The molecule has 9 heteroatoms. The van der Waals surface area contributed by atoms with Crippen molar-refractivity contribution in [3.63, 3.8) is 0 Å². The molecule has 0 bridgehead atoms. The van der Waals surface area contributed by atoms with Crippen LogP contribution in [0.3, 0.4) is 0 Å². The number of ether oxygens (including phenoxy) is 3. The lowest BCUT2D eigenvalue weighted by atomic mass is 10.1. The third-order valence-electron chi connectivity index (χ3n) is 6.53. The number of fused-ring (bicyclic) bond motifs is 1. The molecule has 1 aromatic carbocycles. The highest BCUT2D eigenvalue weighted by molar-refractivity contribution is 5.93. The van der Waals surface area contributed by atoms with Gasteiger partial charge in [-0.05, 0) is 45.9 Å². The number of anilines is 2. The number of aromatic nitrogens is 3. The highest BCUT2D eigenvalue weighted by atomic mass is 16.5. The summed E-state index contributed by atoms with van der Waals surface area (Å²) in [6.45, 7) is 13.7. The van der Waals surface area contributed by atoms with E-state index >= 15 is 0 Å². The Kier molecular flexibility index (Phi) is 8.43. The number of methoxy groups -OCH3 is 2. The highest BCUT2D eigenvalue weighted by Gasteiger charge is 2.17. The summed E-state index contributed by atoms with van der Waals surface area (Å²) in [7, 11) is 3.27. The van der Waals surface area contributed by atoms with Gasteiger partial charge >= 0.3 is 0 Å². The van der Waals surface area contributed by atoms with Gasteiger partial charge in [0.2, 0.25) is 0 Å². The zero-order chi connectivity index (χ0) is 25.7. The number of nitrogens with zero attached hydrogens (tertiary/aromatic N) is 5. The molecule has 3 heterocycles. The van der Waals surface area contributed by atoms with Gasteiger partial charge in [-0.1, -0.05) is 0 Å². The minimum Gasteiger partial charge on any atom is -0.493 e. The Morgan fingerprint density at radius 2 is 1.69 bits per heavy atom. The first-order chi connectivity index (χ1) is 17.4. The van der Waals surface area contributed by atoms with Gasteiger partial charge in [-0.3, -0.25) is 4.90 Å². The number of morpholine rings is 1. The van der Waals surface area contributed by atoms with E-state index in [9.17, 15) is 0 Å². The van der Waals surface area contributed by atoms with Crippen LogP contribution in [-0.4, -0.2) is 85.5 Å². The maximum atomic E-state index is 5.55. The molecule has 1 fully saturated rings. The normalized spacial score (nSPS) is 14.2. The predicted octanol–water partition coefficient (Wildman–Crippen LogP) is 4.08. The van der Waals surface area contributed by atoms with Crippen molar-refractivity contribution in [2.24, 2.45) is 0 Å². The topological polar surface area (TPSA) is 84.9 Å². The van der Waals surface area contributed by atoms with Crippen LogP contribution in [0.4, 0.5) is 11.6 Å². The Morgan fingerprint density at radius 1 is 1.00 bits per heavy atom. The summed E-state index contributed by atoms with van der Waals surface area (Å²) in [5.41, 5.74) is 1.64. The number of nitrogens with one attached hydrogen (secondary N) is 1. The summed E-state index contributed by atoms with van der Waals surface area (Å²) < 4.78 is 16.5. The van der Waals surface area contributed by atoms with Gasteiger partial charge in [-0.2, -0.15) is 0 Å². The molecular weight excluding hydrogens is 456 g/mol. The highest BCUT2D eigenvalue weighted by Crippen LogP contribution is 2.35. The van der Waals surface area contributed by atoms with Crippen molar-refractivity contribution in [3.8, 4) is 22.9 Å². The standard InChI is InChI=1S/C27H38N6O3/c1-18(2)33(19(3)4)10-9-28-27-21-15-23(34-5)24(35-6)16-22(21)30-26(31-27)20-7-8-25(29-17-20)32-11-13-36-14-12-32/h7-8,15-19H,9-14H2,1-6H3,(H,28,30,31). The first-order valence-corrected chi connectivity index (χ1v) is 12.6. The van der Waals surface area contributed by atoms with Crippen LogP contribution in [0, 0.1) is 0 Å². The van der Waals surface area contributed by atoms with Crippen LogP contribution < -0.4 is 19.7 Å². The second kappa shape index (κ2) is 11.7. The number of hydrogen-bond donors (Lipinski definition) is 1. The van der Waals surface area contributed by atoms with Gasteiger partial charge in [0.1, 0.15) is 11.6 Å². The molecule has 1 aliphatic heterocycles. The van der Waals surface area contributed by atoms with Gasteiger partial charge < -0.3 is 24.4 Å². The molecule has 1 aliphatic rings. The molecule has 3 aromatic rings. The van der Waals surface area contributed by atoms with E-state index in [1.807, 2.05) is 30.5 Å². The van der Waals surface area contributed by atoms with Crippen LogP contribution in [0.15, 0.2) is 30.5 Å². The molecular formula is C27H38N6O3. The fraction of sp³-hybridized carbons (Fsp3) is 0.519. The molecule has 36 heavy (non-hydrogen) atoms. The number of rotatable bonds is 10. The SMILES string of the molecule is COc1cc2nc(-c3ccc(N4CCOCC4)nc3)nc(NCCN(C(C)C)C(C)C)c2cc1OC. The van der Waals surface area contributed by atoms with Crippen molar-refractivity contribution in [1.82, 2.24) is 19.9 Å². The smallest absolute Gasteiger partial charge is 0.163 e. The predicted molar refractivity (Wildman–Crippen MR) is 144 cm³/mol. The van der Waals surface area contributed by atoms with Crippen LogP contribution in [0.1, 0.15) is 27.7 Å². The molecule has 0 radical (unpaired) electrons. The molecule has 4 rings (SSSR count). The second-order valence-corrected chi connectivity index (χ2v) is 9.48. The summed E-state index contributed by atoms with van der Waals surface area (Å²) in [5, 5.41) is 4.44. The van der Waals surface area contributed by atoms with Crippen molar-refractivity contribution >= 4 is 22.5 Å². The van der Waals surface area contributed by atoms with E-state index in [0.717, 1.165) is 67.5 Å². The molecule has 1 N–H and O–H groups in total. The van der Waals surface area contributed by atoms with E-state index in [-0.39, 0.29) is 0 Å².